The maximum atomic E-state index is 14.5. The molecule has 7 heteroatoms. The SMILES string of the molecule is O=c1ccc2ncc(F)c3c2n1C(CC1CCCCC(CCCCc2cc4c(cn2)OCCO4)CC1)C3. The first-order valence-electron chi connectivity index (χ1n) is 14.1. The van der Waals surface area contributed by atoms with Gasteiger partial charge in [0.05, 0.1) is 23.4 Å². The molecule has 1 fully saturated rings. The van der Waals surface area contributed by atoms with Crippen molar-refractivity contribution in [2.24, 2.45) is 11.8 Å². The molecule has 3 atom stereocenters. The molecule has 6 nitrogen and oxygen atoms in total. The van der Waals surface area contributed by atoms with E-state index < -0.39 is 0 Å². The number of nitrogens with zero attached hydrogens (tertiary/aromatic N) is 3. The molecular formula is C30H36FN3O3. The third-order valence-electron chi connectivity index (χ3n) is 8.65. The summed E-state index contributed by atoms with van der Waals surface area (Å²) < 4.78 is 27.6. The van der Waals surface area contributed by atoms with Crippen molar-refractivity contribution in [3.63, 3.8) is 0 Å². The zero-order valence-electron chi connectivity index (χ0n) is 21.5. The monoisotopic (exact) mass is 505 g/mol. The topological polar surface area (TPSA) is 66.2 Å². The number of hydrogen-bond acceptors (Lipinski definition) is 5. The summed E-state index contributed by atoms with van der Waals surface area (Å²) in [6.07, 6.45) is 16.8. The number of halogens is 1. The van der Waals surface area contributed by atoms with Gasteiger partial charge in [-0.05, 0) is 43.6 Å². The molecule has 0 spiro atoms. The maximum absolute atomic E-state index is 14.5. The van der Waals surface area contributed by atoms with E-state index in [0.29, 0.717) is 36.6 Å². The summed E-state index contributed by atoms with van der Waals surface area (Å²) in [6.45, 7) is 1.20. The highest BCUT2D eigenvalue weighted by molar-refractivity contribution is 5.80. The Labute approximate surface area is 217 Å². The van der Waals surface area contributed by atoms with Gasteiger partial charge in [-0.3, -0.25) is 14.8 Å². The first-order chi connectivity index (χ1) is 18.2. The Morgan fingerprint density at radius 1 is 0.946 bits per heavy atom. The zero-order valence-corrected chi connectivity index (χ0v) is 21.5. The van der Waals surface area contributed by atoms with Crippen LogP contribution >= 0.6 is 0 Å². The number of ether oxygens (including phenoxy) is 2. The minimum absolute atomic E-state index is 0.0279. The Morgan fingerprint density at radius 3 is 2.65 bits per heavy atom. The Hall–Kier alpha value is -2.96. The fourth-order valence-electron chi connectivity index (χ4n) is 6.74. The number of pyridine rings is 3. The van der Waals surface area contributed by atoms with Crippen LogP contribution in [0.3, 0.4) is 0 Å². The van der Waals surface area contributed by atoms with Crippen LogP contribution in [0.5, 0.6) is 11.5 Å². The van der Waals surface area contributed by atoms with E-state index in [2.05, 4.69) is 9.97 Å². The van der Waals surface area contributed by atoms with Crippen LogP contribution in [0.1, 0.15) is 81.5 Å². The lowest BCUT2D eigenvalue weighted by Crippen LogP contribution is -2.24. The van der Waals surface area contributed by atoms with Gasteiger partial charge in [-0.2, -0.15) is 0 Å². The molecule has 0 aromatic carbocycles. The highest BCUT2D eigenvalue weighted by Crippen LogP contribution is 2.39. The smallest absolute Gasteiger partial charge is 0.251 e. The second-order valence-electron chi connectivity index (χ2n) is 11.1. The van der Waals surface area contributed by atoms with Gasteiger partial charge in [0.2, 0.25) is 0 Å². The predicted molar refractivity (Wildman–Crippen MR) is 141 cm³/mol. The minimum Gasteiger partial charge on any atom is -0.486 e. The van der Waals surface area contributed by atoms with Crippen molar-refractivity contribution in [3.8, 4) is 11.5 Å². The number of hydrogen-bond donors (Lipinski definition) is 0. The molecular weight excluding hydrogens is 469 g/mol. The zero-order chi connectivity index (χ0) is 25.2. The van der Waals surface area contributed by atoms with Crippen LogP contribution in [0.25, 0.3) is 11.0 Å². The molecule has 3 unspecified atom stereocenters. The van der Waals surface area contributed by atoms with Crippen molar-refractivity contribution in [1.82, 2.24) is 14.5 Å². The van der Waals surface area contributed by atoms with Crippen LogP contribution in [0, 0.1) is 17.7 Å². The molecule has 2 aliphatic heterocycles. The molecule has 0 saturated heterocycles. The summed E-state index contributed by atoms with van der Waals surface area (Å²) in [7, 11) is 0. The van der Waals surface area contributed by atoms with Crippen LogP contribution in [0.4, 0.5) is 4.39 Å². The van der Waals surface area contributed by atoms with E-state index in [1.54, 1.807) is 18.3 Å². The molecule has 196 valence electrons. The molecule has 1 saturated carbocycles. The lowest BCUT2D eigenvalue weighted by molar-refractivity contribution is 0.170. The number of unbranched alkanes of at least 4 members (excludes halogenated alkanes) is 1. The molecule has 6 rings (SSSR count). The fourth-order valence-corrected chi connectivity index (χ4v) is 6.74. The van der Waals surface area contributed by atoms with E-state index in [1.807, 2.05) is 10.6 Å². The lowest BCUT2D eigenvalue weighted by atomic mass is 9.80. The van der Waals surface area contributed by atoms with Gasteiger partial charge >= 0.3 is 0 Å². The second-order valence-corrected chi connectivity index (χ2v) is 11.1. The average Bonchev–Trinajstić information content (AvgIpc) is 3.29. The second kappa shape index (κ2) is 10.8. The summed E-state index contributed by atoms with van der Waals surface area (Å²) >= 11 is 0. The largest absolute Gasteiger partial charge is 0.486 e. The van der Waals surface area contributed by atoms with Crippen molar-refractivity contribution in [2.45, 2.75) is 83.1 Å². The van der Waals surface area contributed by atoms with Gasteiger partial charge in [0.25, 0.3) is 5.56 Å². The molecule has 0 bridgehead atoms. The number of aryl methyl sites for hydroxylation is 1. The van der Waals surface area contributed by atoms with Crippen molar-refractivity contribution >= 4 is 11.0 Å². The minimum atomic E-state index is -0.279. The van der Waals surface area contributed by atoms with Crippen molar-refractivity contribution in [1.29, 1.82) is 0 Å². The van der Waals surface area contributed by atoms with Gasteiger partial charge in [-0.15, -0.1) is 0 Å². The van der Waals surface area contributed by atoms with Crippen LogP contribution in [0.2, 0.25) is 0 Å². The van der Waals surface area contributed by atoms with Crippen molar-refractivity contribution in [3.05, 3.63) is 58.0 Å². The highest BCUT2D eigenvalue weighted by Gasteiger charge is 2.30. The van der Waals surface area contributed by atoms with Gasteiger partial charge in [0, 0.05) is 29.4 Å². The highest BCUT2D eigenvalue weighted by atomic mass is 19.1. The number of rotatable bonds is 7. The molecule has 0 N–H and O–H groups in total. The summed E-state index contributed by atoms with van der Waals surface area (Å²) in [4.78, 5) is 21.5. The lowest BCUT2D eigenvalue weighted by Gasteiger charge is -2.27. The van der Waals surface area contributed by atoms with Gasteiger partial charge in [-0.25, -0.2) is 4.39 Å². The number of fused-ring (bicyclic) bond motifs is 1. The van der Waals surface area contributed by atoms with E-state index >= 15 is 0 Å². The van der Waals surface area contributed by atoms with E-state index in [0.717, 1.165) is 47.9 Å². The van der Waals surface area contributed by atoms with Crippen LogP contribution < -0.4 is 15.0 Å². The first kappa shape index (κ1) is 24.4. The van der Waals surface area contributed by atoms with Crippen LogP contribution in [-0.4, -0.2) is 27.7 Å². The first-order valence-corrected chi connectivity index (χ1v) is 14.1. The summed E-state index contributed by atoms with van der Waals surface area (Å²) in [5.74, 6) is 2.65. The van der Waals surface area contributed by atoms with E-state index in [4.69, 9.17) is 9.47 Å². The van der Waals surface area contributed by atoms with Crippen LogP contribution in [0.15, 0.2) is 35.4 Å². The van der Waals surface area contributed by atoms with Crippen LogP contribution in [-0.2, 0) is 12.8 Å². The van der Waals surface area contributed by atoms with Gasteiger partial charge in [-0.1, -0.05) is 51.4 Å². The van der Waals surface area contributed by atoms with Gasteiger partial charge in [0.1, 0.15) is 19.0 Å². The number of aromatic nitrogens is 3. The average molecular weight is 506 g/mol. The predicted octanol–water partition coefficient (Wildman–Crippen LogP) is 6.19. The molecule has 5 heterocycles. The van der Waals surface area contributed by atoms with E-state index in [1.165, 1.54) is 57.6 Å². The molecule has 0 radical (unpaired) electrons. The third kappa shape index (κ3) is 5.23. The molecule has 3 aromatic rings. The standard InChI is InChI=1S/C30H36FN3O3/c31-25-18-33-26-11-12-29(35)34-23(17-24(25)30(26)34)15-21-7-2-1-5-20(9-10-21)6-3-4-8-22-16-27-28(19-32-22)37-14-13-36-27/h11-12,16,18-21,23H,1-10,13-15,17H2. The molecule has 37 heavy (non-hydrogen) atoms. The quantitative estimate of drug-likeness (QED) is 0.358. The third-order valence-corrected chi connectivity index (χ3v) is 8.65. The molecule has 1 aliphatic carbocycles. The van der Waals surface area contributed by atoms with Crippen molar-refractivity contribution in [2.75, 3.05) is 13.2 Å². The Bertz CT molecular complexity index is 1320. The fraction of sp³-hybridized carbons (Fsp3) is 0.567. The normalized spacial score (nSPS) is 23.1. The van der Waals surface area contributed by atoms with Gasteiger partial charge in [0.15, 0.2) is 11.5 Å². The Balaban J connectivity index is 1.02. The molecule has 3 aliphatic rings. The van der Waals surface area contributed by atoms with Crippen molar-refractivity contribution < 1.29 is 13.9 Å². The maximum Gasteiger partial charge on any atom is 0.251 e. The summed E-state index contributed by atoms with van der Waals surface area (Å²) in [6, 6.07) is 5.39. The van der Waals surface area contributed by atoms with E-state index in [9.17, 15) is 9.18 Å². The summed E-state index contributed by atoms with van der Waals surface area (Å²) in [5.41, 5.74) is 3.16. The van der Waals surface area contributed by atoms with Gasteiger partial charge < -0.3 is 14.0 Å². The molecule has 3 aromatic heterocycles. The Morgan fingerprint density at radius 2 is 1.76 bits per heavy atom. The molecule has 0 amide bonds. The summed E-state index contributed by atoms with van der Waals surface area (Å²) in [5, 5.41) is 0. The Kier molecular flexibility index (Phi) is 7.12. The van der Waals surface area contributed by atoms with E-state index in [-0.39, 0.29) is 17.4 Å².